The molecule has 3 heteroatoms. The molecule has 0 amide bonds. The maximum atomic E-state index is 9.02. The van der Waals surface area contributed by atoms with E-state index in [1.165, 1.54) is 0 Å². The van der Waals surface area contributed by atoms with Crippen LogP contribution < -0.4 is 0 Å². The number of aryl methyl sites for hydroxylation is 3. The summed E-state index contributed by atoms with van der Waals surface area (Å²) in [6.07, 6.45) is 3.32. The van der Waals surface area contributed by atoms with Crippen LogP contribution in [0.3, 0.4) is 0 Å². The van der Waals surface area contributed by atoms with Crippen LogP contribution in [0.5, 0.6) is 0 Å². The number of benzene rings is 1. The lowest BCUT2D eigenvalue weighted by atomic mass is 10.0. The molecule has 2 aromatic rings. The van der Waals surface area contributed by atoms with Gasteiger partial charge in [-0.1, -0.05) is 35.9 Å². The summed E-state index contributed by atoms with van der Waals surface area (Å²) in [5, 5.41) is 9.80. The van der Waals surface area contributed by atoms with Gasteiger partial charge in [0.05, 0.1) is 0 Å². The lowest BCUT2D eigenvalue weighted by molar-refractivity contribution is 0.938. The number of pyridine rings is 1. The smallest absolute Gasteiger partial charge is 0.143 e. The molecule has 1 aromatic carbocycles. The maximum Gasteiger partial charge on any atom is 0.143 e. The Morgan fingerprint density at radius 1 is 1.22 bits per heavy atom. The van der Waals surface area contributed by atoms with Crippen LogP contribution in [0.4, 0.5) is 0 Å². The van der Waals surface area contributed by atoms with Crippen molar-refractivity contribution in [2.24, 2.45) is 0 Å². The first kappa shape index (κ1) is 12.6. The highest BCUT2D eigenvalue weighted by molar-refractivity contribution is 6.31. The third-order valence-corrected chi connectivity index (χ3v) is 3.20. The van der Waals surface area contributed by atoms with Crippen LogP contribution in [0.25, 0.3) is 0 Å². The summed E-state index contributed by atoms with van der Waals surface area (Å²) in [5.41, 5.74) is 3.66. The minimum absolute atomic E-state index is 0.507. The van der Waals surface area contributed by atoms with Crippen molar-refractivity contribution in [3.63, 3.8) is 0 Å². The molecule has 90 valence electrons. The van der Waals surface area contributed by atoms with Gasteiger partial charge in [-0.05, 0) is 42.5 Å². The van der Waals surface area contributed by atoms with Gasteiger partial charge in [-0.15, -0.1) is 0 Å². The molecule has 1 heterocycles. The largest absolute Gasteiger partial charge is 0.245 e. The summed E-state index contributed by atoms with van der Waals surface area (Å²) in [7, 11) is 0. The Morgan fingerprint density at radius 3 is 2.67 bits per heavy atom. The molecule has 0 bridgehead atoms. The van der Waals surface area contributed by atoms with E-state index in [4.69, 9.17) is 16.9 Å². The number of hydrogen-bond donors (Lipinski definition) is 0. The quantitative estimate of drug-likeness (QED) is 0.840. The fourth-order valence-corrected chi connectivity index (χ4v) is 2.12. The van der Waals surface area contributed by atoms with Crippen LogP contribution in [-0.2, 0) is 12.8 Å². The zero-order chi connectivity index (χ0) is 13.0. The minimum atomic E-state index is 0.507. The van der Waals surface area contributed by atoms with Gasteiger partial charge >= 0.3 is 0 Å². The molecule has 0 fully saturated rings. The highest BCUT2D eigenvalue weighted by atomic mass is 35.5. The van der Waals surface area contributed by atoms with Gasteiger partial charge < -0.3 is 0 Å². The molecular formula is C15H13ClN2. The summed E-state index contributed by atoms with van der Waals surface area (Å²) in [6.45, 7) is 1.98. The Hall–Kier alpha value is -1.85. The Morgan fingerprint density at radius 2 is 1.94 bits per heavy atom. The summed E-state index contributed by atoms with van der Waals surface area (Å²) in [6, 6.07) is 11.9. The minimum Gasteiger partial charge on any atom is -0.245 e. The SMILES string of the molecule is Cc1cnc(C#N)c(CCc2ccccc2Cl)c1. The molecule has 18 heavy (non-hydrogen) atoms. The predicted molar refractivity (Wildman–Crippen MR) is 72.5 cm³/mol. The van der Waals surface area contributed by atoms with E-state index in [1.807, 2.05) is 37.3 Å². The molecule has 0 saturated carbocycles. The van der Waals surface area contributed by atoms with Crippen molar-refractivity contribution in [1.29, 1.82) is 5.26 Å². The fraction of sp³-hybridized carbons (Fsp3) is 0.200. The van der Waals surface area contributed by atoms with Crippen molar-refractivity contribution in [2.45, 2.75) is 19.8 Å². The Balaban J connectivity index is 2.18. The molecule has 1 aromatic heterocycles. The van der Waals surface area contributed by atoms with E-state index in [0.717, 1.165) is 34.6 Å². The lowest BCUT2D eigenvalue weighted by Crippen LogP contribution is -1.98. The van der Waals surface area contributed by atoms with Gasteiger partial charge in [0, 0.05) is 11.2 Å². The first-order chi connectivity index (χ1) is 8.70. The van der Waals surface area contributed by atoms with E-state index in [1.54, 1.807) is 6.20 Å². The Kier molecular flexibility index (Phi) is 3.96. The standard InChI is InChI=1S/C15H13ClN2/c1-11-8-13(15(9-17)18-10-11)7-6-12-4-2-3-5-14(12)16/h2-5,8,10H,6-7H2,1H3. The molecule has 2 nitrogen and oxygen atoms in total. The summed E-state index contributed by atoms with van der Waals surface area (Å²) in [5.74, 6) is 0. The van der Waals surface area contributed by atoms with Gasteiger partial charge in [0.25, 0.3) is 0 Å². The second-order valence-electron chi connectivity index (χ2n) is 4.22. The number of rotatable bonds is 3. The van der Waals surface area contributed by atoms with Gasteiger partial charge in [0.15, 0.2) is 0 Å². The third kappa shape index (κ3) is 2.88. The first-order valence-electron chi connectivity index (χ1n) is 5.79. The molecule has 0 spiro atoms. The average molecular weight is 257 g/mol. The second kappa shape index (κ2) is 5.66. The van der Waals surface area contributed by atoms with Gasteiger partial charge in [0.1, 0.15) is 11.8 Å². The monoisotopic (exact) mass is 256 g/mol. The topological polar surface area (TPSA) is 36.7 Å². The summed E-state index contributed by atoms with van der Waals surface area (Å²) < 4.78 is 0. The third-order valence-electron chi connectivity index (χ3n) is 2.83. The predicted octanol–water partition coefficient (Wildman–Crippen LogP) is 3.70. The van der Waals surface area contributed by atoms with E-state index in [2.05, 4.69) is 11.1 Å². The maximum absolute atomic E-state index is 9.02. The fourth-order valence-electron chi connectivity index (χ4n) is 1.89. The van der Waals surface area contributed by atoms with Crippen LogP contribution in [0.1, 0.15) is 22.4 Å². The van der Waals surface area contributed by atoms with Crippen LogP contribution in [0.2, 0.25) is 5.02 Å². The second-order valence-corrected chi connectivity index (χ2v) is 4.63. The van der Waals surface area contributed by atoms with E-state index in [0.29, 0.717) is 5.69 Å². The van der Waals surface area contributed by atoms with Crippen molar-refractivity contribution in [2.75, 3.05) is 0 Å². The molecule has 2 rings (SSSR count). The van der Waals surface area contributed by atoms with Crippen LogP contribution in [0, 0.1) is 18.3 Å². The number of aromatic nitrogens is 1. The summed E-state index contributed by atoms with van der Waals surface area (Å²) in [4.78, 5) is 4.14. The number of hydrogen-bond acceptors (Lipinski definition) is 2. The molecule has 0 aliphatic rings. The Labute approximate surface area is 112 Å². The zero-order valence-corrected chi connectivity index (χ0v) is 10.9. The highest BCUT2D eigenvalue weighted by Gasteiger charge is 2.06. The average Bonchev–Trinajstić information content (AvgIpc) is 2.38. The zero-order valence-electron chi connectivity index (χ0n) is 10.2. The van der Waals surface area contributed by atoms with Gasteiger partial charge in [0.2, 0.25) is 0 Å². The molecule has 0 radical (unpaired) electrons. The number of nitriles is 1. The van der Waals surface area contributed by atoms with Gasteiger partial charge in [-0.3, -0.25) is 0 Å². The van der Waals surface area contributed by atoms with E-state index in [9.17, 15) is 0 Å². The van der Waals surface area contributed by atoms with Crippen molar-refractivity contribution in [3.8, 4) is 6.07 Å². The van der Waals surface area contributed by atoms with Crippen molar-refractivity contribution < 1.29 is 0 Å². The van der Waals surface area contributed by atoms with E-state index >= 15 is 0 Å². The number of nitrogens with zero attached hydrogens (tertiary/aromatic N) is 2. The molecular weight excluding hydrogens is 244 g/mol. The van der Waals surface area contributed by atoms with Crippen LogP contribution in [0.15, 0.2) is 36.5 Å². The molecule has 0 aliphatic heterocycles. The highest BCUT2D eigenvalue weighted by Crippen LogP contribution is 2.18. The summed E-state index contributed by atoms with van der Waals surface area (Å²) >= 11 is 6.11. The van der Waals surface area contributed by atoms with Crippen molar-refractivity contribution in [1.82, 2.24) is 4.98 Å². The lowest BCUT2D eigenvalue weighted by Gasteiger charge is -2.06. The first-order valence-corrected chi connectivity index (χ1v) is 6.17. The van der Waals surface area contributed by atoms with E-state index in [-0.39, 0.29) is 0 Å². The molecule has 0 unspecified atom stereocenters. The van der Waals surface area contributed by atoms with Gasteiger partial charge in [-0.2, -0.15) is 5.26 Å². The van der Waals surface area contributed by atoms with Crippen molar-refractivity contribution in [3.05, 3.63) is 63.9 Å². The molecule has 0 saturated heterocycles. The van der Waals surface area contributed by atoms with Crippen LogP contribution >= 0.6 is 11.6 Å². The molecule has 0 atom stereocenters. The number of halogens is 1. The van der Waals surface area contributed by atoms with Crippen molar-refractivity contribution >= 4 is 11.6 Å². The molecule has 0 aliphatic carbocycles. The van der Waals surface area contributed by atoms with Gasteiger partial charge in [-0.25, -0.2) is 4.98 Å². The Bertz CT molecular complexity index is 600. The normalized spacial score (nSPS) is 10.1. The molecule has 0 N–H and O–H groups in total. The van der Waals surface area contributed by atoms with Crippen LogP contribution in [-0.4, -0.2) is 4.98 Å². The van der Waals surface area contributed by atoms with E-state index < -0.39 is 0 Å².